The number of aryl methyl sites for hydroxylation is 1. The van der Waals surface area contributed by atoms with E-state index in [1.807, 2.05) is 19.1 Å². The molecule has 0 radical (unpaired) electrons. The quantitative estimate of drug-likeness (QED) is 0.888. The average Bonchev–Trinajstić information content (AvgIpc) is 2.70. The molecule has 0 fully saturated rings. The van der Waals surface area contributed by atoms with Crippen LogP contribution in [0.15, 0.2) is 29.8 Å². The Bertz CT molecular complexity index is 521. The molecule has 4 nitrogen and oxygen atoms in total. The Morgan fingerprint density at radius 1 is 1.56 bits per heavy atom. The smallest absolute Gasteiger partial charge is 0.346 e. The Morgan fingerprint density at radius 3 is 3.00 bits per heavy atom. The lowest BCUT2D eigenvalue weighted by Crippen LogP contribution is -1.91. The molecule has 2 aromatic heterocycles. The molecular weight excluding hydrogens is 226 g/mol. The largest absolute Gasteiger partial charge is 0.477 e. The first-order chi connectivity index (χ1) is 7.66. The Morgan fingerprint density at radius 2 is 2.38 bits per heavy atom. The van der Waals surface area contributed by atoms with Crippen molar-refractivity contribution in [3.63, 3.8) is 0 Å². The molecule has 0 aromatic carbocycles. The van der Waals surface area contributed by atoms with Crippen molar-refractivity contribution < 1.29 is 14.6 Å². The third-order valence-corrected chi connectivity index (χ3v) is 2.86. The van der Waals surface area contributed by atoms with Gasteiger partial charge in [-0.05, 0) is 13.0 Å². The van der Waals surface area contributed by atoms with Crippen LogP contribution in [0, 0.1) is 6.92 Å². The second kappa shape index (κ2) is 4.32. The minimum Gasteiger partial charge on any atom is -0.477 e. The number of aromatic nitrogens is 1. The highest BCUT2D eigenvalue weighted by atomic mass is 32.1. The Kier molecular flexibility index (Phi) is 2.87. The summed E-state index contributed by atoms with van der Waals surface area (Å²) in [5.74, 6) is 0.0547. The maximum Gasteiger partial charge on any atom is 0.346 e. The molecule has 2 rings (SSSR count). The number of thiophene rings is 1. The molecule has 82 valence electrons. The number of carboxylic acid groups (broad SMARTS) is 1. The van der Waals surface area contributed by atoms with Gasteiger partial charge in [-0.25, -0.2) is 9.78 Å². The van der Waals surface area contributed by atoms with Gasteiger partial charge in [-0.3, -0.25) is 0 Å². The predicted octanol–water partition coefficient (Wildman–Crippen LogP) is 2.94. The van der Waals surface area contributed by atoms with Crippen molar-refractivity contribution in [2.45, 2.75) is 6.92 Å². The van der Waals surface area contributed by atoms with Crippen LogP contribution >= 0.6 is 11.3 Å². The summed E-state index contributed by atoms with van der Waals surface area (Å²) in [4.78, 5) is 15.0. The van der Waals surface area contributed by atoms with Gasteiger partial charge in [-0.2, -0.15) is 0 Å². The lowest BCUT2D eigenvalue weighted by Gasteiger charge is -2.03. The molecule has 0 aliphatic heterocycles. The average molecular weight is 235 g/mol. The van der Waals surface area contributed by atoms with Crippen molar-refractivity contribution >= 4 is 17.3 Å². The molecule has 1 N–H and O–H groups in total. The van der Waals surface area contributed by atoms with Crippen LogP contribution in [0.3, 0.4) is 0 Å². The van der Waals surface area contributed by atoms with Gasteiger partial charge in [0.1, 0.15) is 10.6 Å². The number of hydrogen-bond acceptors (Lipinski definition) is 4. The Labute approximate surface area is 96.1 Å². The molecule has 0 atom stereocenters. The van der Waals surface area contributed by atoms with Gasteiger partial charge in [-0.1, -0.05) is 6.07 Å². The summed E-state index contributed by atoms with van der Waals surface area (Å²) in [5.41, 5.74) is 0.908. The van der Waals surface area contributed by atoms with Gasteiger partial charge in [0.05, 0.1) is 0 Å². The number of aromatic carboxylic acids is 1. The number of nitrogens with zero attached hydrogens (tertiary/aromatic N) is 1. The second-order valence-corrected chi connectivity index (χ2v) is 4.09. The van der Waals surface area contributed by atoms with E-state index in [0.29, 0.717) is 11.6 Å². The number of ether oxygens (including phenoxy) is 1. The van der Waals surface area contributed by atoms with Crippen LogP contribution in [0.25, 0.3) is 0 Å². The van der Waals surface area contributed by atoms with E-state index < -0.39 is 5.97 Å². The summed E-state index contributed by atoms with van der Waals surface area (Å²) in [7, 11) is 0. The highest BCUT2D eigenvalue weighted by Crippen LogP contribution is 2.27. The third kappa shape index (κ3) is 2.20. The summed E-state index contributed by atoms with van der Waals surface area (Å²) in [6.45, 7) is 1.88. The normalized spacial score (nSPS) is 10.1. The molecule has 2 heterocycles. The zero-order valence-electron chi connectivity index (χ0n) is 8.51. The van der Waals surface area contributed by atoms with Gasteiger partial charge < -0.3 is 9.84 Å². The van der Waals surface area contributed by atoms with Crippen molar-refractivity contribution in [2.24, 2.45) is 0 Å². The van der Waals surface area contributed by atoms with Crippen LogP contribution in [0.1, 0.15) is 15.2 Å². The molecule has 0 unspecified atom stereocenters. The zero-order valence-corrected chi connectivity index (χ0v) is 9.32. The maximum absolute atomic E-state index is 10.7. The first kappa shape index (κ1) is 10.6. The summed E-state index contributed by atoms with van der Waals surface area (Å²) < 4.78 is 5.48. The van der Waals surface area contributed by atoms with Gasteiger partial charge in [0.25, 0.3) is 0 Å². The molecule has 5 heteroatoms. The zero-order chi connectivity index (χ0) is 11.5. The standard InChI is InChI=1S/C11H9NO3S/c1-7-3-2-4-12-10(7)15-8-5-9(11(13)14)16-6-8/h2-6H,1H3,(H,13,14). The van der Waals surface area contributed by atoms with Crippen molar-refractivity contribution in [1.29, 1.82) is 0 Å². The lowest BCUT2D eigenvalue weighted by molar-refractivity contribution is 0.0702. The summed E-state index contributed by atoms with van der Waals surface area (Å²) in [6.07, 6.45) is 1.63. The van der Waals surface area contributed by atoms with Crippen LogP contribution in [0.4, 0.5) is 0 Å². The van der Waals surface area contributed by atoms with Crippen molar-refractivity contribution in [3.05, 3.63) is 40.2 Å². The van der Waals surface area contributed by atoms with E-state index >= 15 is 0 Å². The minimum atomic E-state index is -0.947. The van der Waals surface area contributed by atoms with E-state index in [0.717, 1.165) is 16.9 Å². The van der Waals surface area contributed by atoms with Crippen molar-refractivity contribution in [1.82, 2.24) is 4.98 Å². The van der Waals surface area contributed by atoms with Gasteiger partial charge in [0.2, 0.25) is 5.88 Å². The van der Waals surface area contributed by atoms with E-state index in [9.17, 15) is 4.79 Å². The molecular formula is C11H9NO3S. The molecule has 16 heavy (non-hydrogen) atoms. The fourth-order valence-corrected chi connectivity index (χ4v) is 1.82. The number of pyridine rings is 1. The fraction of sp³-hybridized carbons (Fsp3) is 0.0909. The molecule has 0 saturated heterocycles. The van der Waals surface area contributed by atoms with Gasteiger partial charge in [0.15, 0.2) is 0 Å². The highest BCUT2D eigenvalue weighted by Gasteiger charge is 2.09. The molecule has 0 spiro atoms. The molecule has 0 aliphatic carbocycles. The topological polar surface area (TPSA) is 59.4 Å². The Balaban J connectivity index is 2.21. The van der Waals surface area contributed by atoms with Crippen LogP contribution in [-0.4, -0.2) is 16.1 Å². The highest BCUT2D eigenvalue weighted by molar-refractivity contribution is 7.12. The lowest BCUT2D eigenvalue weighted by atomic mass is 10.3. The van der Waals surface area contributed by atoms with E-state index in [2.05, 4.69) is 4.98 Å². The minimum absolute atomic E-state index is 0.253. The van der Waals surface area contributed by atoms with E-state index in [1.54, 1.807) is 11.6 Å². The summed E-state index contributed by atoms with van der Waals surface area (Å²) in [6, 6.07) is 5.19. The first-order valence-electron chi connectivity index (χ1n) is 4.58. The SMILES string of the molecule is Cc1cccnc1Oc1csc(C(=O)O)c1. The van der Waals surface area contributed by atoms with Crippen molar-refractivity contribution in [3.8, 4) is 11.6 Å². The summed E-state index contributed by atoms with van der Waals surface area (Å²) in [5, 5.41) is 10.4. The van der Waals surface area contributed by atoms with E-state index in [4.69, 9.17) is 9.84 Å². The van der Waals surface area contributed by atoms with Crippen molar-refractivity contribution in [2.75, 3.05) is 0 Å². The van der Waals surface area contributed by atoms with E-state index in [1.165, 1.54) is 6.07 Å². The number of carboxylic acids is 1. The maximum atomic E-state index is 10.7. The predicted molar refractivity (Wildman–Crippen MR) is 60.3 cm³/mol. The second-order valence-electron chi connectivity index (χ2n) is 3.18. The molecule has 0 amide bonds. The van der Waals surface area contributed by atoms with Crippen LogP contribution in [-0.2, 0) is 0 Å². The molecule has 0 aliphatic rings. The van der Waals surface area contributed by atoms with Gasteiger partial charge >= 0.3 is 5.97 Å². The Hall–Kier alpha value is -1.88. The third-order valence-electron chi connectivity index (χ3n) is 1.96. The fourth-order valence-electron chi connectivity index (χ4n) is 1.17. The van der Waals surface area contributed by atoms with Gasteiger partial charge in [-0.15, -0.1) is 11.3 Å². The number of carbonyl (C=O) groups is 1. The van der Waals surface area contributed by atoms with Gasteiger partial charge in [0, 0.05) is 23.2 Å². The van der Waals surface area contributed by atoms with Crippen LogP contribution in [0.2, 0.25) is 0 Å². The monoisotopic (exact) mass is 235 g/mol. The van der Waals surface area contributed by atoms with Crippen LogP contribution < -0.4 is 4.74 Å². The number of rotatable bonds is 3. The van der Waals surface area contributed by atoms with E-state index in [-0.39, 0.29) is 4.88 Å². The molecule has 2 aromatic rings. The summed E-state index contributed by atoms with van der Waals surface area (Å²) >= 11 is 1.13. The molecule has 0 saturated carbocycles. The number of hydrogen-bond donors (Lipinski definition) is 1. The molecule has 0 bridgehead atoms. The first-order valence-corrected chi connectivity index (χ1v) is 5.46. The van der Waals surface area contributed by atoms with Crippen LogP contribution in [0.5, 0.6) is 11.6 Å².